The van der Waals surface area contributed by atoms with Crippen molar-refractivity contribution in [3.8, 4) is 0 Å². The number of nitrogens with zero attached hydrogens (tertiary/aromatic N) is 1. The Morgan fingerprint density at radius 3 is 2.70 bits per heavy atom. The van der Waals surface area contributed by atoms with E-state index in [0.717, 1.165) is 29.1 Å². The van der Waals surface area contributed by atoms with Gasteiger partial charge in [-0.3, -0.25) is 0 Å². The highest BCUT2D eigenvalue weighted by Crippen LogP contribution is 2.25. The molecule has 0 spiro atoms. The van der Waals surface area contributed by atoms with Crippen LogP contribution in [0, 0.1) is 0 Å². The van der Waals surface area contributed by atoms with E-state index in [9.17, 15) is 0 Å². The summed E-state index contributed by atoms with van der Waals surface area (Å²) in [4.78, 5) is 4.49. The summed E-state index contributed by atoms with van der Waals surface area (Å²) in [5.41, 5.74) is 9.27. The molecule has 20 heavy (non-hydrogen) atoms. The average Bonchev–Trinajstić information content (AvgIpc) is 2.80. The second-order valence-corrected chi connectivity index (χ2v) is 5.43. The Labute approximate surface area is 122 Å². The minimum absolute atomic E-state index is 0.319. The number of oxazole rings is 1. The molecule has 0 saturated carbocycles. The van der Waals surface area contributed by atoms with Crippen LogP contribution >= 0.6 is 11.6 Å². The normalized spacial score (nSPS) is 12.7. The molecule has 1 aromatic heterocycles. The van der Waals surface area contributed by atoms with Crippen LogP contribution in [0.1, 0.15) is 24.3 Å². The zero-order valence-corrected chi connectivity index (χ0v) is 11.9. The van der Waals surface area contributed by atoms with E-state index < -0.39 is 0 Å². The van der Waals surface area contributed by atoms with Crippen LogP contribution in [0.3, 0.4) is 0 Å². The Hall–Kier alpha value is -2.00. The molecule has 1 atom stereocenters. The lowest BCUT2D eigenvalue weighted by Gasteiger charge is -2.09. The van der Waals surface area contributed by atoms with Crippen molar-refractivity contribution in [3.63, 3.8) is 0 Å². The van der Waals surface area contributed by atoms with E-state index in [2.05, 4.69) is 11.9 Å². The summed E-state index contributed by atoms with van der Waals surface area (Å²) in [6.45, 7) is 2.15. The van der Waals surface area contributed by atoms with Gasteiger partial charge in [0.15, 0.2) is 11.5 Å². The third-order valence-corrected chi connectivity index (χ3v) is 3.62. The van der Waals surface area contributed by atoms with Gasteiger partial charge in [0.25, 0.3) is 0 Å². The molecule has 2 N–H and O–H groups in total. The van der Waals surface area contributed by atoms with Crippen LogP contribution in [0.15, 0.2) is 46.9 Å². The highest BCUT2D eigenvalue weighted by atomic mass is 35.5. The molecule has 0 radical (unpaired) electrons. The quantitative estimate of drug-likeness (QED) is 0.726. The molecule has 0 aliphatic heterocycles. The van der Waals surface area contributed by atoms with E-state index in [0.29, 0.717) is 10.9 Å². The highest BCUT2D eigenvalue weighted by Gasteiger charge is 2.12. The molecule has 1 unspecified atom stereocenters. The van der Waals surface area contributed by atoms with E-state index in [-0.39, 0.29) is 0 Å². The van der Waals surface area contributed by atoms with Crippen LogP contribution in [0.25, 0.3) is 11.1 Å². The number of aromatic nitrogens is 1. The molecule has 0 fully saturated rings. The van der Waals surface area contributed by atoms with Gasteiger partial charge in [0.1, 0.15) is 5.52 Å². The number of rotatable bonds is 3. The fourth-order valence-corrected chi connectivity index (χ4v) is 2.40. The first-order chi connectivity index (χ1) is 9.61. The van der Waals surface area contributed by atoms with Crippen LogP contribution in [0.5, 0.6) is 0 Å². The average molecular weight is 287 g/mol. The van der Waals surface area contributed by atoms with Crippen molar-refractivity contribution in [2.24, 2.45) is 0 Å². The highest BCUT2D eigenvalue weighted by molar-refractivity contribution is 6.31. The lowest BCUT2D eigenvalue weighted by atomic mass is 9.98. The molecular formula is C16H15ClN2O. The predicted octanol–water partition coefficient (Wildman–Crippen LogP) is 4.41. The maximum Gasteiger partial charge on any atom is 0.196 e. The summed E-state index contributed by atoms with van der Waals surface area (Å²) >= 11 is 5.94. The molecular weight excluding hydrogens is 272 g/mol. The van der Waals surface area contributed by atoms with Crippen molar-refractivity contribution in [1.29, 1.82) is 0 Å². The molecule has 0 amide bonds. The van der Waals surface area contributed by atoms with Crippen molar-refractivity contribution in [2.75, 3.05) is 5.73 Å². The Bertz CT molecular complexity index is 734. The SMILES string of the molecule is CC(Cc1nc2ccc(Cl)cc2o1)c1ccc(N)cc1. The van der Waals surface area contributed by atoms with E-state index in [1.165, 1.54) is 5.56 Å². The summed E-state index contributed by atoms with van der Waals surface area (Å²) in [5, 5.41) is 0.659. The Morgan fingerprint density at radius 1 is 1.20 bits per heavy atom. The standard InChI is InChI=1S/C16H15ClN2O/c1-10(11-2-5-13(18)6-3-11)8-16-19-14-7-4-12(17)9-15(14)20-16/h2-7,9-10H,8,18H2,1H3. The topological polar surface area (TPSA) is 52.0 Å². The summed E-state index contributed by atoms with van der Waals surface area (Å²) in [6, 6.07) is 13.4. The molecule has 1 heterocycles. The number of fused-ring (bicyclic) bond motifs is 1. The number of benzene rings is 2. The van der Waals surface area contributed by atoms with Crippen molar-refractivity contribution in [2.45, 2.75) is 19.3 Å². The summed E-state index contributed by atoms with van der Waals surface area (Å²) in [5.74, 6) is 1.05. The maximum atomic E-state index is 5.94. The van der Waals surface area contributed by atoms with Crippen LogP contribution in [-0.2, 0) is 6.42 Å². The fraction of sp³-hybridized carbons (Fsp3) is 0.188. The van der Waals surface area contributed by atoms with E-state index in [4.69, 9.17) is 21.8 Å². The monoisotopic (exact) mass is 286 g/mol. The van der Waals surface area contributed by atoms with Crippen molar-refractivity contribution >= 4 is 28.4 Å². The van der Waals surface area contributed by atoms with Gasteiger partial charge in [-0.05, 0) is 35.7 Å². The molecule has 0 bridgehead atoms. The van der Waals surface area contributed by atoms with Crippen LogP contribution in [0.2, 0.25) is 5.02 Å². The molecule has 3 aromatic rings. The molecule has 3 rings (SSSR count). The smallest absolute Gasteiger partial charge is 0.196 e. The van der Waals surface area contributed by atoms with Crippen molar-refractivity contribution in [3.05, 3.63) is 58.9 Å². The molecule has 0 saturated heterocycles. The second-order valence-electron chi connectivity index (χ2n) is 4.99. The van der Waals surface area contributed by atoms with Crippen LogP contribution < -0.4 is 5.73 Å². The van der Waals surface area contributed by atoms with Gasteiger partial charge in [0.2, 0.25) is 0 Å². The zero-order chi connectivity index (χ0) is 14.1. The van der Waals surface area contributed by atoms with Gasteiger partial charge < -0.3 is 10.2 Å². The molecule has 4 heteroatoms. The van der Waals surface area contributed by atoms with Gasteiger partial charge in [-0.15, -0.1) is 0 Å². The maximum absolute atomic E-state index is 5.94. The summed E-state index contributed by atoms with van der Waals surface area (Å²) < 4.78 is 5.74. The first-order valence-corrected chi connectivity index (χ1v) is 6.90. The van der Waals surface area contributed by atoms with Gasteiger partial charge in [-0.2, -0.15) is 0 Å². The molecule has 0 aliphatic rings. The Balaban J connectivity index is 1.83. The van der Waals surface area contributed by atoms with E-state index >= 15 is 0 Å². The number of nitrogens with two attached hydrogens (primary N) is 1. The fourth-order valence-electron chi connectivity index (χ4n) is 2.24. The summed E-state index contributed by atoms with van der Waals surface area (Å²) in [7, 11) is 0. The number of hydrogen-bond acceptors (Lipinski definition) is 3. The third-order valence-electron chi connectivity index (χ3n) is 3.38. The Kier molecular flexibility index (Phi) is 3.36. The van der Waals surface area contributed by atoms with Gasteiger partial charge >= 0.3 is 0 Å². The molecule has 0 aliphatic carbocycles. The molecule has 3 nitrogen and oxygen atoms in total. The van der Waals surface area contributed by atoms with E-state index in [1.807, 2.05) is 36.4 Å². The lowest BCUT2D eigenvalue weighted by molar-refractivity contribution is 0.508. The third kappa shape index (κ3) is 2.63. The molecule has 2 aromatic carbocycles. The van der Waals surface area contributed by atoms with Crippen molar-refractivity contribution in [1.82, 2.24) is 4.98 Å². The number of anilines is 1. The van der Waals surface area contributed by atoms with Crippen LogP contribution in [0.4, 0.5) is 5.69 Å². The Morgan fingerprint density at radius 2 is 1.95 bits per heavy atom. The zero-order valence-electron chi connectivity index (χ0n) is 11.1. The molecule has 102 valence electrons. The van der Waals surface area contributed by atoms with Crippen molar-refractivity contribution < 1.29 is 4.42 Å². The van der Waals surface area contributed by atoms with Gasteiger partial charge in [0.05, 0.1) is 0 Å². The lowest BCUT2D eigenvalue weighted by Crippen LogP contribution is -1.99. The first kappa shape index (κ1) is 13.0. The van der Waals surface area contributed by atoms with Gasteiger partial charge in [-0.25, -0.2) is 4.98 Å². The van der Waals surface area contributed by atoms with E-state index in [1.54, 1.807) is 6.07 Å². The number of nitrogen functional groups attached to an aromatic ring is 1. The van der Waals surface area contributed by atoms with Gasteiger partial charge in [-0.1, -0.05) is 30.7 Å². The van der Waals surface area contributed by atoms with Crippen LogP contribution in [-0.4, -0.2) is 4.98 Å². The predicted molar refractivity (Wildman–Crippen MR) is 82.0 cm³/mol. The largest absolute Gasteiger partial charge is 0.441 e. The minimum atomic E-state index is 0.319. The number of halogens is 1. The first-order valence-electron chi connectivity index (χ1n) is 6.52. The summed E-state index contributed by atoms with van der Waals surface area (Å²) in [6.07, 6.45) is 0.746. The number of hydrogen-bond donors (Lipinski definition) is 1. The minimum Gasteiger partial charge on any atom is -0.441 e. The second kappa shape index (κ2) is 5.17. The van der Waals surface area contributed by atoms with Gasteiger partial charge in [0, 0.05) is 23.2 Å².